The van der Waals surface area contributed by atoms with Crippen LogP contribution in [0.3, 0.4) is 0 Å². The maximum absolute atomic E-state index is 12.2. The van der Waals surface area contributed by atoms with E-state index in [1.165, 1.54) is 5.56 Å². The molecule has 4 rings (SSSR count). The number of ketones is 1. The number of nitrogens with one attached hydrogen (secondary N) is 1. The average molecular weight is 264 g/mol. The van der Waals surface area contributed by atoms with Gasteiger partial charge in [-0.1, -0.05) is 42.5 Å². The highest BCUT2D eigenvalue weighted by molar-refractivity contribution is 6.01. The number of carbonyl (C=O) groups is 1. The minimum atomic E-state index is 0.213. The van der Waals surface area contributed by atoms with E-state index < -0.39 is 0 Å². The molecule has 2 aromatic rings. The fraction of sp³-hybridized carbons (Fsp3) is 0.294. The van der Waals surface area contributed by atoms with Gasteiger partial charge in [-0.2, -0.15) is 5.10 Å². The van der Waals surface area contributed by atoms with Gasteiger partial charge in [0.2, 0.25) is 0 Å². The molecule has 1 aromatic carbocycles. The summed E-state index contributed by atoms with van der Waals surface area (Å²) in [7, 11) is 0. The second-order valence-electron chi connectivity index (χ2n) is 5.68. The van der Waals surface area contributed by atoms with Crippen LogP contribution in [0.5, 0.6) is 0 Å². The van der Waals surface area contributed by atoms with Crippen molar-refractivity contribution in [1.29, 1.82) is 0 Å². The van der Waals surface area contributed by atoms with E-state index in [0.29, 0.717) is 11.6 Å². The second kappa shape index (κ2) is 4.44. The van der Waals surface area contributed by atoms with Crippen molar-refractivity contribution in [3.8, 4) is 0 Å². The van der Waals surface area contributed by atoms with Gasteiger partial charge in [-0.15, -0.1) is 0 Å². The topological polar surface area (TPSA) is 45.8 Å². The lowest BCUT2D eigenvalue weighted by Gasteiger charge is -2.17. The number of hydrogen-bond acceptors (Lipinski definition) is 2. The molecular weight excluding hydrogens is 248 g/mol. The highest BCUT2D eigenvalue weighted by Crippen LogP contribution is 2.36. The van der Waals surface area contributed by atoms with Crippen LogP contribution in [0.1, 0.15) is 46.1 Å². The first-order valence-corrected chi connectivity index (χ1v) is 7.17. The molecule has 20 heavy (non-hydrogen) atoms. The van der Waals surface area contributed by atoms with Crippen molar-refractivity contribution < 1.29 is 4.79 Å². The normalized spacial score (nSPS) is 20.7. The van der Waals surface area contributed by atoms with Gasteiger partial charge in [0, 0.05) is 29.5 Å². The van der Waals surface area contributed by atoms with E-state index in [-0.39, 0.29) is 11.7 Å². The molecule has 1 atom stereocenters. The molecule has 1 aromatic heterocycles. The summed E-state index contributed by atoms with van der Waals surface area (Å²) in [6, 6.07) is 10.4. The molecule has 0 bridgehead atoms. The van der Waals surface area contributed by atoms with Gasteiger partial charge in [-0.3, -0.25) is 9.89 Å². The lowest BCUT2D eigenvalue weighted by molar-refractivity contribution is 0.0962. The van der Waals surface area contributed by atoms with Crippen LogP contribution in [0.4, 0.5) is 0 Å². The predicted octanol–water partition coefficient (Wildman–Crippen LogP) is 3.36. The molecule has 3 nitrogen and oxygen atoms in total. The van der Waals surface area contributed by atoms with Crippen LogP contribution in [0.2, 0.25) is 0 Å². The van der Waals surface area contributed by atoms with Gasteiger partial charge in [-0.05, 0) is 18.4 Å². The van der Waals surface area contributed by atoms with Crippen molar-refractivity contribution in [2.75, 3.05) is 0 Å². The zero-order valence-corrected chi connectivity index (χ0v) is 11.2. The monoisotopic (exact) mass is 264 g/mol. The number of rotatable bonds is 3. The Morgan fingerprint density at radius 3 is 2.75 bits per heavy atom. The number of aromatic amines is 1. The van der Waals surface area contributed by atoms with Crippen LogP contribution in [0, 0.1) is 5.92 Å². The molecule has 0 amide bonds. The van der Waals surface area contributed by atoms with Gasteiger partial charge in [-0.25, -0.2) is 0 Å². The number of hydrogen-bond donors (Lipinski definition) is 1. The number of carbonyl (C=O) groups excluding carboxylic acids is 1. The van der Waals surface area contributed by atoms with Crippen LogP contribution in [0.25, 0.3) is 6.08 Å². The molecule has 0 radical (unpaired) electrons. The molecule has 0 spiro atoms. The summed E-state index contributed by atoms with van der Waals surface area (Å²) >= 11 is 0. The third-order valence-corrected chi connectivity index (χ3v) is 4.21. The van der Waals surface area contributed by atoms with Gasteiger partial charge in [0.1, 0.15) is 5.69 Å². The Bertz CT molecular complexity index is 680. The minimum absolute atomic E-state index is 0.213. The van der Waals surface area contributed by atoms with Gasteiger partial charge in [0.15, 0.2) is 5.78 Å². The van der Waals surface area contributed by atoms with E-state index >= 15 is 0 Å². The maximum atomic E-state index is 12.2. The zero-order chi connectivity index (χ0) is 13.5. The summed E-state index contributed by atoms with van der Waals surface area (Å²) in [5, 5.41) is 7.33. The molecule has 3 heteroatoms. The Morgan fingerprint density at radius 2 is 2.00 bits per heavy atom. The largest absolute Gasteiger partial charge is 0.292 e. The summed E-state index contributed by atoms with van der Waals surface area (Å²) in [6.45, 7) is 0. The Balaban J connectivity index is 1.64. The average Bonchev–Trinajstić information content (AvgIpc) is 3.27. The van der Waals surface area contributed by atoms with E-state index in [1.807, 2.05) is 6.07 Å². The number of allylic oxidation sites excluding steroid dienone is 1. The van der Waals surface area contributed by atoms with E-state index in [9.17, 15) is 4.79 Å². The Kier molecular flexibility index (Phi) is 2.59. The van der Waals surface area contributed by atoms with Gasteiger partial charge < -0.3 is 0 Å². The Labute approximate surface area is 117 Å². The van der Waals surface area contributed by atoms with Crippen LogP contribution >= 0.6 is 0 Å². The number of benzene rings is 1. The predicted molar refractivity (Wildman–Crippen MR) is 77.6 cm³/mol. The molecule has 1 N–H and O–H groups in total. The first kappa shape index (κ1) is 11.6. The zero-order valence-electron chi connectivity index (χ0n) is 11.2. The Morgan fingerprint density at radius 1 is 1.20 bits per heavy atom. The molecule has 100 valence electrons. The van der Waals surface area contributed by atoms with Crippen molar-refractivity contribution in [2.45, 2.75) is 25.2 Å². The van der Waals surface area contributed by atoms with E-state index in [0.717, 1.165) is 30.5 Å². The van der Waals surface area contributed by atoms with E-state index in [2.05, 4.69) is 46.6 Å². The summed E-state index contributed by atoms with van der Waals surface area (Å²) in [5.74, 6) is 0.806. The van der Waals surface area contributed by atoms with Crippen molar-refractivity contribution >= 4 is 11.9 Å². The molecule has 0 aliphatic heterocycles. The van der Waals surface area contributed by atoms with Gasteiger partial charge >= 0.3 is 0 Å². The van der Waals surface area contributed by atoms with Crippen molar-refractivity contribution in [3.05, 3.63) is 58.9 Å². The first-order chi connectivity index (χ1) is 9.83. The van der Waals surface area contributed by atoms with Crippen molar-refractivity contribution in [3.63, 3.8) is 0 Å². The molecule has 1 unspecified atom stereocenters. The van der Waals surface area contributed by atoms with Crippen LogP contribution < -0.4 is 0 Å². The quantitative estimate of drug-likeness (QED) is 0.864. The first-order valence-electron chi connectivity index (χ1n) is 7.17. The lowest BCUT2D eigenvalue weighted by atomic mass is 9.87. The molecule has 2 aliphatic carbocycles. The number of fused-ring (bicyclic) bond motifs is 1. The molecular formula is C17H16N2O. The SMILES string of the molecule is O=C(c1n[nH]c2c1C=CC(c1ccccc1)C2)C1CC1. The Hall–Kier alpha value is -2.16. The summed E-state index contributed by atoms with van der Waals surface area (Å²) in [4.78, 5) is 12.2. The number of nitrogens with zero attached hydrogens (tertiary/aromatic N) is 1. The van der Waals surface area contributed by atoms with Crippen LogP contribution in [-0.2, 0) is 6.42 Å². The third kappa shape index (κ3) is 1.90. The second-order valence-corrected chi connectivity index (χ2v) is 5.68. The van der Waals surface area contributed by atoms with Crippen LogP contribution in [-0.4, -0.2) is 16.0 Å². The molecule has 1 heterocycles. The molecule has 2 aliphatic rings. The highest BCUT2D eigenvalue weighted by atomic mass is 16.1. The van der Waals surface area contributed by atoms with E-state index in [1.54, 1.807) is 0 Å². The minimum Gasteiger partial charge on any atom is -0.292 e. The fourth-order valence-electron chi connectivity index (χ4n) is 2.88. The molecule has 1 saturated carbocycles. The van der Waals surface area contributed by atoms with Gasteiger partial charge in [0.25, 0.3) is 0 Å². The number of aromatic nitrogens is 2. The highest BCUT2D eigenvalue weighted by Gasteiger charge is 2.34. The third-order valence-electron chi connectivity index (χ3n) is 4.21. The number of H-pyrrole nitrogens is 1. The van der Waals surface area contributed by atoms with Crippen molar-refractivity contribution in [1.82, 2.24) is 10.2 Å². The molecule has 0 saturated heterocycles. The van der Waals surface area contributed by atoms with Gasteiger partial charge in [0.05, 0.1) is 0 Å². The standard InChI is InChI=1S/C17H16N2O/c20-17(12-6-7-12)16-14-9-8-13(10-15(14)18-19-16)11-4-2-1-3-5-11/h1-5,8-9,12-13H,6-7,10H2,(H,18,19). The summed E-state index contributed by atoms with van der Waals surface area (Å²) in [5.41, 5.74) is 4.05. The van der Waals surface area contributed by atoms with Crippen LogP contribution in [0.15, 0.2) is 36.4 Å². The summed E-state index contributed by atoms with van der Waals surface area (Å²) in [6.07, 6.45) is 7.20. The van der Waals surface area contributed by atoms with Crippen molar-refractivity contribution in [2.24, 2.45) is 5.92 Å². The smallest absolute Gasteiger partial charge is 0.186 e. The molecule has 1 fully saturated rings. The fourth-order valence-corrected chi connectivity index (χ4v) is 2.88. The lowest BCUT2D eigenvalue weighted by Crippen LogP contribution is -2.08. The maximum Gasteiger partial charge on any atom is 0.186 e. The number of Topliss-reactive ketones (excluding diaryl/α,β-unsaturated/α-hetero) is 1. The summed E-state index contributed by atoms with van der Waals surface area (Å²) < 4.78 is 0. The van der Waals surface area contributed by atoms with E-state index in [4.69, 9.17) is 0 Å².